The van der Waals surface area contributed by atoms with Gasteiger partial charge in [-0.05, 0) is 35.7 Å². The molecule has 2 N–H and O–H groups in total. The fraction of sp³-hybridized carbons (Fsp3) is 0.316. The van der Waals surface area contributed by atoms with Crippen LogP contribution in [-0.2, 0) is 17.8 Å². The molecule has 23 heavy (non-hydrogen) atoms. The maximum atomic E-state index is 12.7. The highest BCUT2D eigenvalue weighted by atomic mass is 35.5. The molecule has 0 aliphatic heterocycles. The van der Waals surface area contributed by atoms with Crippen LogP contribution in [0.4, 0.5) is 5.69 Å². The lowest BCUT2D eigenvalue weighted by Crippen LogP contribution is -2.32. The van der Waals surface area contributed by atoms with E-state index in [-0.39, 0.29) is 5.91 Å². The van der Waals surface area contributed by atoms with E-state index in [0.717, 1.165) is 30.5 Å². The van der Waals surface area contributed by atoms with E-state index in [2.05, 4.69) is 6.92 Å². The van der Waals surface area contributed by atoms with Crippen molar-refractivity contribution < 1.29 is 4.79 Å². The van der Waals surface area contributed by atoms with Crippen molar-refractivity contribution in [1.82, 2.24) is 4.90 Å². The molecule has 2 rings (SSSR count). The van der Waals surface area contributed by atoms with Crippen LogP contribution in [0.25, 0.3) is 0 Å². The summed E-state index contributed by atoms with van der Waals surface area (Å²) in [7, 11) is 0. The second kappa shape index (κ2) is 8.59. The third-order valence-corrected chi connectivity index (χ3v) is 4.16. The molecule has 0 radical (unpaired) electrons. The lowest BCUT2D eigenvalue weighted by atomic mass is 10.1. The summed E-state index contributed by atoms with van der Waals surface area (Å²) in [5.74, 6) is 0.114. The summed E-state index contributed by atoms with van der Waals surface area (Å²) in [6.07, 6.45) is 2.42. The van der Waals surface area contributed by atoms with Gasteiger partial charge in [-0.25, -0.2) is 0 Å². The molecule has 0 fully saturated rings. The predicted octanol–water partition coefficient (Wildman–Crippen LogP) is 4.29. The molecular weight excluding hydrogens is 308 g/mol. The van der Waals surface area contributed by atoms with Crippen LogP contribution in [0, 0.1) is 0 Å². The average molecular weight is 331 g/mol. The van der Waals surface area contributed by atoms with Crippen LogP contribution in [0.2, 0.25) is 5.02 Å². The van der Waals surface area contributed by atoms with E-state index in [9.17, 15) is 4.79 Å². The van der Waals surface area contributed by atoms with E-state index in [1.165, 1.54) is 0 Å². The first kappa shape index (κ1) is 17.4. The quantitative estimate of drug-likeness (QED) is 0.770. The van der Waals surface area contributed by atoms with Crippen LogP contribution in [0.5, 0.6) is 0 Å². The second-order valence-electron chi connectivity index (χ2n) is 5.68. The van der Waals surface area contributed by atoms with Crippen molar-refractivity contribution in [2.75, 3.05) is 12.3 Å². The number of nitrogens with two attached hydrogens (primary N) is 1. The molecular formula is C19H23ClN2O. The van der Waals surface area contributed by atoms with Crippen molar-refractivity contribution in [3.63, 3.8) is 0 Å². The Hall–Kier alpha value is -2.00. The Bertz CT molecular complexity index is 640. The van der Waals surface area contributed by atoms with Crippen LogP contribution in [0.1, 0.15) is 30.9 Å². The van der Waals surface area contributed by atoms with Crippen LogP contribution in [-0.4, -0.2) is 17.4 Å². The fourth-order valence-electron chi connectivity index (χ4n) is 2.40. The van der Waals surface area contributed by atoms with E-state index in [0.29, 0.717) is 23.7 Å². The molecule has 0 heterocycles. The standard InChI is InChI=1S/C19H23ClN2O/c1-2-3-12-22(14-16-6-4-5-7-18(16)20)19(23)13-15-8-10-17(21)11-9-15/h4-11H,2-3,12-14,21H2,1H3. The molecule has 0 atom stereocenters. The molecule has 122 valence electrons. The van der Waals surface area contributed by atoms with E-state index in [1.54, 1.807) is 0 Å². The first-order valence-corrected chi connectivity index (χ1v) is 8.33. The number of halogens is 1. The molecule has 0 saturated carbocycles. The summed E-state index contributed by atoms with van der Waals surface area (Å²) in [5.41, 5.74) is 8.36. The van der Waals surface area contributed by atoms with Crippen molar-refractivity contribution >= 4 is 23.2 Å². The number of unbranched alkanes of at least 4 members (excludes halogenated alkanes) is 1. The zero-order valence-electron chi connectivity index (χ0n) is 13.5. The Labute approximate surface area is 143 Å². The molecule has 1 amide bonds. The van der Waals surface area contributed by atoms with Gasteiger partial charge < -0.3 is 10.6 Å². The zero-order chi connectivity index (χ0) is 16.7. The van der Waals surface area contributed by atoms with Gasteiger partial charge in [0, 0.05) is 23.8 Å². The highest BCUT2D eigenvalue weighted by molar-refractivity contribution is 6.31. The number of benzene rings is 2. The summed E-state index contributed by atoms with van der Waals surface area (Å²) in [6, 6.07) is 15.1. The molecule has 0 unspecified atom stereocenters. The lowest BCUT2D eigenvalue weighted by molar-refractivity contribution is -0.131. The van der Waals surface area contributed by atoms with E-state index in [4.69, 9.17) is 17.3 Å². The van der Waals surface area contributed by atoms with Gasteiger partial charge in [0.25, 0.3) is 0 Å². The number of carbonyl (C=O) groups is 1. The van der Waals surface area contributed by atoms with E-state index in [1.807, 2.05) is 53.4 Å². The predicted molar refractivity (Wildman–Crippen MR) is 96.3 cm³/mol. The van der Waals surface area contributed by atoms with E-state index < -0.39 is 0 Å². The van der Waals surface area contributed by atoms with Crippen molar-refractivity contribution in [2.24, 2.45) is 0 Å². The molecule has 0 aromatic heterocycles. The van der Waals surface area contributed by atoms with Gasteiger partial charge in [0.15, 0.2) is 0 Å². The highest BCUT2D eigenvalue weighted by Gasteiger charge is 2.15. The van der Waals surface area contributed by atoms with Gasteiger partial charge in [-0.15, -0.1) is 0 Å². The van der Waals surface area contributed by atoms with Crippen LogP contribution < -0.4 is 5.73 Å². The van der Waals surface area contributed by atoms with Gasteiger partial charge in [-0.3, -0.25) is 4.79 Å². The third-order valence-electron chi connectivity index (χ3n) is 3.79. The van der Waals surface area contributed by atoms with Gasteiger partial charge >= 0.3 is 0 Å². The molecule has 0 aliphatic carbocycles. The number of rotatable bonds is 7. The largest absolute Gasteiger partial charge is 0.399 e. The summed E-state index contributed by atoms with van der Waals surface area (Å²) < 4.78 is 0. The van der Waals surface area contributed by atoms with Crippen LogP contribution in [0.3, 0.4) is 0 Å². The molecule has 4 heteroatoms. The SMILES string of the molecule is CCCCN(Cc1ccccc1Cl)C(=O)Cc1ccc(N)cc1. The summed E-state index contributed by atoms with van der Waals surface area (Å²) >= 11 is 6.23. The third kappa shape index (κ3) is 5.29. The minimum atomic E-state index is 0.114. The average Bonchev–Trinajstić information content (AvgIpc) is 2.55. The number of carbonyl (C=O) groups excluding carboxylic acids is 1. The molecule has 2 aromatic rings. The van der Waals surface area contributed by atoms with Crippen molar-refractivity contribution in [3.8, 4) is 0 Å². The highest BCUT2D eigenvalue weighted by Crippen LogP contribution is 2.18. The maximum Gasteiger partial charge on any atom is 0.227 e. The van der Waals surface area contributed by atoms with Crippen molar-refractivity contribution in [3.05, 3.63) is 64.7 Å². The van der Waals surface area contributed by atoms with Crippen molar-refractivity contribution in [2.45, 2.75) is 32.7 Å². The molecule has 2 aromatic carbocycles. The minimum absolute atomic E-state index is 0.114. The Morgan fingerprint density at radius 2 is 1.83 bits per heavy atom. The Kier molecular flexibility index (Phi) is 6.48. The first-order valence-electron chi connectivity index (χ1n) is 7.95. The number of amides is 1. The normalized spacial score (nSPS) is 10.5. The first-order chi connectivity index (χ1) is 11.1. The fourth-order valence-corrected chi connectivity index (χ4v) is 2.59. The van der Waals surface area contributed by atoms with Crippen LogP contribution in [0.15, 0.2) is 48.5 Å². The maximum absolute atomic E-state index is 12.7. The number of hydrogen-bond donors (Lipinski definition) is 1. The number of anilines is 1. The Morgan fingerprint density at radius 1 is 1.13 bits per heavy atom. The van der Waals surface area contributed by atoms with Crippen molar-refractivity contribution in [1.29, 1.82) is 0 Å². The molecule has 0 saturated heterocycles. The Balaban J connectivity index is 2.08. The number of nitrogen functional groups attached to an aromatic ring is 1. The summed E-state index contributed by atoms with van der Waals surface area (Å²) in [6.45, 7) is 3.42. The smallest absolute Gasteiger partial charge is 0.227 e. The number of nitrogens with zero attached hydrogens (tertiary/aromatic N) is 1. The topological polar surface area (TPSA) is 46.3 Å². The van der Waals surface area contributed by atoms with Gasteiger partial charge in [-0.2, -0.15) is 0 Å². The zero-order valence-corrected chi connectivity index (χ0v) is 14.2. The van der Waals surface area contributed by atoms with Gasteiger partial charge in [0.05, 0.1) is 6.42 Å². The van der Waals surface area contributed by atoms with Gasteiger partial charge in [0.2, 0.25) is 5.91 Å². The molecule has 3 nitrogen and oxygen atoms in total. The summed E-state index contributed by atoms with van der Waals surface area (Å²) in [4.78, 5) is 14.6. The van der Waals surface area contributed by atoms with Crippen LogP contribution >= 0.6 is 11.6 Å². The molecule has 0 aliphatic rings. The number of hydrogen-bond acceptors (Lipinski definition) is 2. The lowest BCUT2D eigenvalue weighted by Gasteiger charge is -2.23. The summed E-state index contributed by atoms with van der Waals surface area (Å²) in [5, 5.41) is 0.703. The van der Waals surface area contributed by atoms with Gasteiger partial charge in [0.1, 0.15) is 0 Å². The van der Waals surface area contributed by atoms with E-state index >= 15 is 0 Å². The van der Waals surface area contributed by atoms with Gasteiger partial charge in [-0.1, -0.05) is 55.3 Å². The molecule has 0 spiro atoms. The molecule has 0 bridgehead atoms. The Morgan fingerprint density at radius 3 is 2.48 bits per heavy atom. The second-order valence-corrected chi connectivity index (χ2v) is 6.09. The minimum Gasteiger partial charge on any atom is -0.399 e. The monoisotopic (exact) mass is 330 g/mol.